The van der Waals surface area contributed by atoms with Gasteiger partial charge >= 0.3 is 0 Å². The third-order valence-corrected chi connectivity index (χ3v) is 9.78. The third kappa shape index (κ3) is 7.07. The summed E-state index contributed by atoms with van der Waals surface area (Å²) >= 11 is 3.39. The molecule has 2 N–H and O–H groups in total. The molecular weight excluding hydrogens is 650 g/mol. The predicted octanol–water partition coefficient (Wildman–Crippen LogP) is 3.39. The Labute approximate surface area is 276 Å². The molecule has 2 aromatic carbocycles. The number of aromatic nitrogens is 2. The summed E-state index contributed by atoms with van der Waals surface area (Å²) in [5, 5.41) is 9.94. The van der Waals surface area contributed by atoms with Crippen LogP contribution in [-0.2, 0) is 23.2 Å². The van der Waals surface area contributed by atoms with Crippen LogP contribution in [0.25, 0.3) is 0 Å². The molecule has 1 aromatic heterocycles. The summed E-state index contributed by atoms with van der Waals surface area (Å²) in [5.74, 6) is -0.460. The summed E-state index contributed by atoms with van der Waals surface area (Å²) in [6.07, 6.45) is 5.35. The molecule has 46 heavy (non-hydrogen) atoms. The molecule has 240 valence electrons. The number of aryl methyl sites for hydroxylation is 1. The number of rotatable bonds is 7. The quantitative estimate of drug-likeness (QED) is 0.363. The molecule has 12 heteroatoms. The maximum atomic E-state index is 13.4. The average molecular weight is 689 g/mol. The zero-order valence-electron chi connectivity index (χ0n) is 26.0. The molecule has 0 aliphatic carbocycles. The van der Waals surface area contributed by atoms with Gasteiger partial charge in [0.25, 0.3) is 11.5 Å². The highest BCUT2D eigenvalue weighted by atomic mass is 79.9. The van der Waals surface area contributed by atoms with Crippen LogP contribution >= 0.6 is 15.9 Å². The Morgan fingerprint density at radius 3 is 2.52 bits per heavy atom. The van der Waals surface area contributed by atoms with E-state index in [9.17, 15) is 19.2 Å². The summed E-state index contributed by atoms with van der Waals surface area (Å²) in [6, 6.07) is 16.0. The Kier molecular flexibility index (Phi) is 9.37. The molecule has 11 nitrogen and oxygen atoms in total. The molecule has 0 bridgehead atoms. The minimum Gasteiger partial charge on any atom is -0.378 e. The molecule has 3 aliphatic heterocycles. The second kappa shape index (κ2) is 13.6. The molecular formula is C34H38BrN7O4. The molecule has 0 saturated carbocycles. The number of imide groups is 1. The van der Waals surface area contributed by atoms with E-state index >= 15 is 0 Å². The van der Waals surface area contributed by atoms with Gasteiger partial charge in [-0.1, -0.05) is 36.4 Å². The van der Waals surface area contributed by atoms with Crippen LogP contribution in [0.5, 0.6) is 0 Å². The average Bonchev–Trinajstić information content (AvgIpc) is 3.05. The fourth-order valence-electron chi connectivity index (χ4n) is 6.49. The molecule has 3 amide bonds. The van der Waals surface area contributed by atoms with E-state index in [4.69, 9.17) is 0 Å². The van der Waals surface area contributed by atoms with E-state index in [1.807, 2.05) is 42.4 Å². The summed E-state index contributed by atoms with van der Waals surface area (Å²) in [4.78, 5) is 55.9. The van der Waals surface area contributed by atoms with Gasteiger partial charge in [0.05, 0.1) is 17.8 Å². The van der Waals surface area contributed by atoms with Crippen LogP contribution < -0.4 is 16.2 Å². The Balaban J connectivity index is 1.02. The Bertz CT molecular complexity index is 1730. The molecule has 0 spiro atoms. The predicted molar refractivity (Wildman–Crippen MR) is 178 cm³/mol. The smallest absolute Gasteiger partial charge is 0.282 e. The minimum atomic E-state index is -0.293. The monoisotopic (exact) mass is 687 g/mol. The number of carbonyl (C=O) groups excluding carboxylic acids is 3. The zero-order valence-corrected chi connectivity index (χ0v) is 27.6. The van der Waals surface area contributed by atoms with Crippen LogP contribution in [0.15, 0.2) is 75.9 Å². The highest BCUT2D eigenvalue weighted by Crippen LogP contribution is 2.31. The number of hydrogen-bond donors (Lipinski definition) is 2. The van der Waals surface area contributed by atoms with Crippen LogP contribution in [0, 0.1) is 0 Å². The molecule has 0 radical (unpaired) electrons. The lowest BCUT2D eigenvalue weighted by molar-refractivity contribution is -0.134. The number of piperidine rings is 1. The van der Waals surface area contributed by atoms with E-state index in [-0.39, 0.29) is 35.1 Å². The molecule has 1 unspecified atom stereocenters. The van der Waals surface area contributed by atoms with Crippen LogP contribution in [0.4, 0.5) is 5.69 Å². The molecule has 3 aromatic rings. The number of hydrogen-bond acceptors (Lipinski definition) is 8. The lowest BCUT2D eigenvalue weighted by Crippen LogP contribution is -2.48. The van der Waals surface area contributed by atoms with Crippen LogP contribution in [0.2, 0.25) is 0 Å². The van der Waals surface area contributed by atoms with Crippen LogP contribution in [0.1, 0.15) is 58.1 Å². The number of carbonyl (C=O) groups is 3. The van der Waals surface area contributed by atoms with Crippen LogP contribution in [0.3, 0.4) is 0 Å². The van der Waals surface area contributed by atoms with Gasteiger partial charge in [-0.3, -0.25) is 29.4 Å². The van der Waals surface area contributed by atoms with Crippen molar-refractivity contribution in [3.8, 4) is 0 Å². The number of allylic oxidation sites excluding steroid dienone is 1. The maximum Gasteiger partial charge on any atom is 0.282 e. The fraction of sp³-hybridized carbons (Fsp3) is 0.382. The number of halogens is 1. The second-order valence-electron chi connectivity index (χ2n) is 12.4. The molecule has 4 heterocycles. The van der Waals surface area contributed by atoms with Gasteiger partial charge in [-0.15, -0.1) is 0 Å². The topological polar surface area (TPSA) is 120 Å². The van der Waals surface area contributed by atoms with Gasteiger partial charge in [0.1, 0.15) is 4.47 Å². The van der Waals surface area contributed by atoms with Crippen molar-refractivity contribution in [3.05, 3.63) is 104 Å². The van der Waals surface area contributed by atoms with E-state index in [1.165, 1.54) is 4.68 Å². The van der Waals surface area contributed by atoms with Crippen molar-refractivity contribution in [1.29, 1.82) is 0 Å². The van der Waals surface area contributed by atoms with E-state index in [0.29, 0.717) is 41.7 Å². The highest BCUT2D eigenvalue weighted by molar-refractivity contribution is 9.10. The fourth-order valence-corrected chi connectivity index (χ4v) is 6.95. The van der Waals surface area contributed by atoms with Gasteiger partial charge in [0.2, 0.25) is 11.8 Å². The Morgan fingerprint density at radius 1 is 1.02 bits per heavy atom. The maximum absolute atomic E-state index is 13.4. The standard InChI is InChI=1S/C34H38BrN7O4/c1-39-20-26(17-27(21-39)37-29-18-36-40(2)34(46)31(29)35)23-6-8-24(9-7-23)33(45)42-14-12-41(13-15-42)19-22-4-3-5-25(16-22)28-10-11-30(43)38-32(28)44/h3-9,16,18,21,26,28,37H,10-15,17,19-20H2,1-2H3,(H,38,43,44)/t26-,28?/m0/s1. The van der Waals surface area contributed by atoms with Gasteiger partial charge in [-0.05, 0) is 57.6 Å². The Morgan fingerprint density at radius 2 is 1.78 bits per heavy atom. The number of piperazine rings is 1. The van der Waals surface area contributed by atoms with E-state index in [2.05, 4.69) is 65.7 Å². The largest absolute Gasteiger partial charge is 0.378 e. The number of amides is 3. The van der Waals surface area contributed by atoms with Gasteiger partial charge in [0.15, 0.2) is 0 Å². The molecule has 6 rings (SSSR count). The zero-order chi connectivity index (χ0) is 32.4. The third-order valence-electron chi connectivity index (χ3n) is 9.01. The molecule has 2 atom stereocenters. The number of anilines is 1. The summed E-state index contributed by atoms with van der Waals surface area (Å²) in [5.41, 5.74) is 5.31. The Hall–Kier alpha value is -4.29. The first kappa shape index (κ1) is 31.7. The van der Waals surface area contributed by atoms with E-state index < -0.39 is 0 Å². The minimum absolute atomic E-state index is 0.0390. The van der Waals surface area contributed by atoms with Crippen molar-refractivity contribution >= 4 is 39.3 Å². The summed E-state index contributed by atoms with van der Waals surface area (Å²) < 4.78 is 1.73. The lowest BCUT2D eigenvalue weighted by atomic mass is 9.89. The van der Waals surface area contributed by atoms with Crippen molar-refractivity contribution < 1.29 is 14.4 Å². The van der Waals surface area contributed by atoms with Gasteiger partial charge in [0, 0.05) is 83.2 Å². The molecule has 3 aliphatic rings. The summed E-state index contributed by atoms with van der Waals surface area (Å²) in [6.45, 7) is 4.41. The van der Waals surface area contributed by atoms with E-state index in [0.717, 1.165) is 55.0 Å². The van der Waals surface area contributed by atoms with Gasteiger partial charge in [-0.2, -0.15) is 5.10 Å². The van der Waals surface area contributed by atoms with E-state index in [1.54, 1.807) is 13.2 Å². The van der Waals surface area contributed by atoms with Crippen molar-refractivity contribution in [2.24, 2.45) is 7.05 Å². The number of likely N-dealkylation sites (N-methyl/N-ethyl adjacent to an activating group) is 1. The highest BCUT2D eigenvalue weighted by Gasteiger charge is 2.29. The number of nitrogens with one attached hydrogen (secondary N) is 2. The number of nitrogens with zero attached hydrogens (tertiary/aromatic N) is 5. The van der Waals surface area contributed by atoms with Crippen molar-refractivity contribution in [1.82, 2.24) is 29.8 Å². The SMILES string of the molecule is CN1C=C(Nc2cnn(C)c(=O)c2Br)C[C@H](c2ccc(C(=O)N3CCN(Cc4cccc(C5CCC(=O)NC5=O)c4)CC3)cc2)C1. The normalized spacial score (nSPS) is 20.7. The second-order valence-corrected chi connectivity index (χ2v) is 13.2. The first-order valence-electron chi connectivity index (χ1n) is 15.6. The number of benzene rings is 2. The first-order valence-corrected chi connectivity index (χ1v) is 16.4. The lowest BCUT2D eigenvalue weighted by Gasteiger charge is -2.35. The van der Waals surface area contributed by atoms with Crippen molar-refractivity contribution in [2.75, 3.05) is 45.1 Å². The van der Waals surface area contributed by atoms with Gasteiger partial charge in [-0.25, -0.2) is 4.68 Å². The first-order chi connectivity index (χ1) is 22.1. The van der Waals surface area contributed by atoms with Crippen molar-refractivity contribution in [3.63, 3.8) is 0 Å². The van der Waals surface area contributed by atoms with Crippen molar-refractivity contribution in [2.45, 2.75) is 37.6 Å². The molecule has 2 saturated heterocycles. The molecule has 2 fully saturated rings. The van der Waals surface area contributed by atoms with Crippen LogP contribution in [-0.4, -0.2) is 82.0 Å². The van der Waals surface area contributed by atoms with Gasteiger partial charge < -0.3 is 15.1 Å². The summed E-state index contributed by atoms with van der Waals surface area (Å²) in [7, 11) is 3.64.